The van der Waals surface area contributed by atoms with Gasteiger partial charge in [-0.1, -0.05) is 24.2 Å². The van der Waals surface area contributed by atoms with E-state index in [-0.39, 0.29) is 18.3 Å². The molecule has 1 aromatic carbocycles. The Balaban J connectivity index is 0.00000242. The summed E-state index contributed by atoms with van der Waals surface area (Å²) in [5, 5.41) is 6.71. The summed E-state index contributed by atoms with van der Waals surface area (Å²) < 4.78 is 5.19. The number of carbonyl (C=O) groups is 1. The molecule has 0 aliphatic heterocycles. The summed E-state index contributed by atoms with van der Waals surface area (Å²) in [6.45, 7) is 2.97. The number of carbonyl (C=O) groups excluding carboxylic acids is 1. The van der Waals surface area contributed by atoms with E-state index >= 15 is 0 Å². The Morgan fingerprint density at radius 3 is 2.64 bits per heavy atom. The SMILES string of the molecule is CCc1noc(-c2ccc(CCNC(=O)CCN)cc2)n1.Cl. The van der Waals surface area contributed by atoms with Gasteiger partial charge in [-0.15, -0.1) is 12.4 Å². The Labute approximate surface area is 135 Å². The summed E-state index contributed by atoms with van der Waals surface area (Å²) in [7, 11) is 0. The van der Waals surface area contributed by atoms with Crippen molar-refractivity contribution in [2.45, 2.75) is 26.2 Å². The molecule has 2 rings (SSSR count). The summed E-state index contributed by atoms with van der Waals surface area (Å²) in [6, 6.07) is 7.90. The number of hydrogen-bond donors (Lipinski definition) is 2. The minimum atomic E-state index is -0.00734. The van der Waals surface area contributed by atoms with Gasteiger partial charge in [0.1, 0.15) is 0 Å². The van der Waals surface area contributed by atoms with Crippen molar-refractivity contribution in [3.8, 4) is 11.5 Å². The summed E-state index contributed by atoms with van der Waals surface area (Å²) in [5.41, 5.74) is 7.36. The molecule has 0 unspecified atom stereocenters. The van der Waals surface area contributed by atoms with Crippen molar-refractivity contribution >= 4 is 18.3 Å². The molecule has 0 fully saturated rings. The first-order valence-electron chi connectivity index (χ1n) is 7.11. The number of aryl methyl sites for hydroxylation is 1. The average molecular weight is 325 g/mol. The lowest BCUT2D eigenvalue weighted by Gasteiger charge is -2.04. The van der Waals surface area contributed by atoms with Crippen LogP contribution in [-0.2, 0) is 17.6 Å². The molecule has 1 amide bonds. The van der Waals surface area contributed by atoms with Crippen molar-refractivity contribution in [1.29, 1.82) is 0 Å². The Morgan fingerprint density at radius 2 is 2.05 bits per heavy atom. The highest BCUT2D eigenvalue weighted by Crippen LogP contribution is 2.18. The first-order chi connectivity index (χ1) is 10.2. The standard InChI is InChI=1S/C15H20N4O2.ClH/c1-2-13-18-15(21-19-13)12-5-3-11(4-6-12)8-10-17-14(20)7-9-16;/h3-6H,2,7-10,16H2,1H3,(H,17,20);1H. The lowest BCUT2D eigenvalue weighted by molar-refractivity contribution is -0.120. The van der Waals surface area contributed by atoms with Crippen molar-refractivity contribution < 1.29 is 9.32 Å². The molecule has 0 aliphatic rings. The van der Waals surface area contributed by atoms with E-state index < -0.39 is 0 Å². The maximum atomic E-state index is 11.3. The maximum absolute atomic E-state index is 11.3. The van der Waals surface area contributed by atoms with Crippen molar-refractivity contribution in [3.05, 3.63) is 35.7 Å². The third-order valence-electron chi connectivity index (χ3n) is 3.09. The van der Waals surface area contributed by atoms with Crippen molar-refractivity contribution in [1.82, 2.24) is 15.5 Å². The van der Waals surface area contributed by atoms with E-state index in [2.05, 4.69) is 15.5 Å². The quantitative estimate of drug-likeness (QED) is 0.809. The maximum Gasteiger partial charge on any atom is 0.257 e. The van der Waals surface area contributed by atoms with Crippen LogP contribution in [0.4, 0.5) is 0 Å². The van der Waals surface area contributed by atoms with Crippen LogP contribution >= 0.6 is 12.4 Å². The molecule has 0 spiro atoms. The number of nitrogens with zero attached hydrogens (tertiary/aromatic N) is 2. The highest BCUT2D eigenvalue weighted by atomic mass is 35.5. The predicted octanol–water partition coefficient (Wildman–Crippen LogP) is 1.73. The van der Waals surface area contributed by atoms with Crippen LogP contribution in [0.15, 0.2) is 28.8 Å². The van der Waals surface area contributed by atoms with Gasteiger partial charge in [0.25, 0.3) is 5.89 Å². The van der Waals surface area contributed by atoms with Gasteiger partial charge in [-0.2, -0.15) is 4.98 Å². The van der Waals surface area contributed by atoms with E-state index in [1.54, 1.807) is 0 Å². The highest BCUT2D eigenvalue weighted by molar-refractivity contribution is 5.85. The summed E-state index contributed by atoms with van der Waals surface area (Å²) >= 11 is 0. The third-order valence-corrected chi connectivity index (χ3v) is 3.09. The number of hydrogen-bond acceptors (Lipinski definition) is 5. The van der Waals surface area contributed by atoms with Crippen molar-refractivity contribution in [2.75, 3.05) is 13.1 Å². The zero-order valence-corrected chi connectivity index (χ0v) is 13.4. The van der Waals surface area contributed by atoms with E-state index in [0.717, 1.165) is 24.0 Å². The lowest BCUT2D eigenvalue weighted by Crippen LogP contribution is -2.27. The highest BCUT2D eigenvalue weighted by Gasteiger charge is 2.07. The Hall–Kier alpha value is -1.92. The van der Waals surface area contributed by atoms with Crippen LogP contribution in [0, 0.1) is 0 Å². The second-order valence-electron chi connectivity index (χ2n) is 4.70. The van der Waals surface area contributed by atoms with Crippen LogP contribution in [0.25, 0.3) is 11.5 Å². The van der Waals surface area contributed by atoms with Gasteiger partial charge in [0.05, 0.1) is 0 Å². The fraction of sp³-hybridized carbons (Fsp3) is 0.400. The Bertz CT molecular complexity index is 583. The third kappa shape index (κ3) is 5.13. The monoisotopic (exact) mass is 324 g/mol. The first-order valence-corrected chi connectivity index (χ1v) is 7.11. The molecule has 22 heavy (non-hydrogen) atoms. The van der Waals surface area contributed by atoms with Gasteiger partial charge >= 0.3 is 0 Å². The van der Waals surface area contributed by atoms with E-state index in [1.807, 2.05) is 31.2 Å². The van der Waals surface area contributed by atoms with Gasteiger partial charge in [-0.3, -0.25) is 4.79 Å². The molecule has 7 heteroatoms. The van der Waals surface area contributed by atoms with Gasteiger partial charge < -0.3 is 15.6 Å². The Morgan fingerprint density at radius 1 is 1.32 bits per heavy atom. The molecule has 0 bridgehead atoms. The van der Waals surface area contributed by atoms with Crippen molar-refractivity contribution in [2.24, 2.45) is 5.73 Å². The predicted molar refractivity (Wildman–Crippen MR) is 86.7 cm³/mol. The molecule has 0 atom stereocenters. The van der Waals surface area contributed by atoms with Gasteiger partial charge in [0, 0.05) is 31.5 Å². The van der Waals surface area contributed by atoms with Crippen molar-refractivity contribution in [3.63, 3.8) is 0 Å². The van der Waals surface area contributed by atoms with Gasteiger partial charge in [0.2, 0.25) is 5.91 Å². The molecule has 6 nitrogen and oxygen atoms in total. The minimum Gasteiger partial charge on any atom is -0.356 e. The van der Waals surface area contributed by atoms with Crippen LogP contribution in [0.3, 0.4) is 0 Å². The molecule has 1 aromatic heterocycles. The van der Waals surface area contributed by atoms with Gasteiger partial charge in [-0.25, -0.2) is 0 Å². The molecule has 120 valence electrons. The number of nitrogens with two attached hydrogens (primary N) is 1. The summed E-state index contributed by atoms with van der Waals surface area (Å²) in [4.78, 5) is 15.6. The fourth-order valence-corrected chi connectivity index (χ4v) is 1.89. The van der Waals surface area contributed by atoms with E-state index in [9.17, 15) is 4.79 Å². The molecule has 0 saturated heterocycles. The van der Waals surface area contributed by atoms with Gasteiger partial charge in [0.15, 0.2) is 5.82 Å². The number of nitrogens with one attached hydrogen (secondary N) is 1. The number of rotatable bonds is 7. The topological polar surface area (TPSA) is 94.0 Å². The molecular weight excluding hydrogens is 304 g/mol. The second kappa shape index (κ2) is 9.17. The first kappa shape index (κ1) is 18.1. The number of benzene rings is 1. The second-order valence-corrected chi connectivity index (χ2v) is 4.70. The molecular formula is C15H21ClN4O2. The summed E-state index contributed by atoms with van der Waals surface area (Å²) in [6.07, 6.45) is 1.90. The molecule has 0 radical (unpaired) electrons. The number of halogens is 1. The van der Waals surface area contributed by atoms with Crippen LogP contribution in [-0.4, -0.2) is 29.1 Å². The van der Waals surface area contributed by atoms with Gasteiger partial charge in [-0.05, 0) is 24.1 Å². The smallest absolute Gasteiger partial charge is 0.257 e. The largest absolute Gasteiger partial charge is 0.356 e. The zero-order valence-electron chi connectivity index (χ0n) is 12.5. The molecule has 0 saturated carbocycles. The van der Waals surface area contributed by atoms with E-state index in [4.69, 9.17) is 10.3 Å². The fourth-order valence-electron chi connectivity index (χ4n) is 1.89. The molecule has 2 aromatic rings. The Kier molecular flexibility index (Phi) is 7.56. The molecule has 0 aliphatic carbocycles. The number of amides is 1. The number of aromatic nitrogens is 2. The molecule has 3 N–H and O–H groups in total. The normalized spacial score (nSPS) is 10.1. The summed E-state index contributed by atoms with van der Waals surface area (Å²) in [5.74, 6) is 1.23. The van der Waals surface area contributed by atoms with E-state index in [1.165, 1.54) is 0 Å². The minimum absolute atomic E-state index is 0. The van der Waals surface area contributed by atoms with Crippen LogP contribution in [0.5, 0.6) is 0 Å². The lowest BCUT2D eigenvalue weighted by atomic mass is 10.1. The van der Waals surface area contributed by atoms with E-state index in [0.29, 0.717) is 31.2 Å². The van der Waals surface area contributed by atoms with Crippen LogP contribution in [0.2, 0.25) is 0 Å². The van der Waals surface area contributed by atoms with Crippen LogP contribution in [0.1, 0.15) is 24.7 Å². The molecule has 1 heterocycles. The van der Waals surface area contributed by atoms with Crippen LogP contribution < -0.4 is 11.1 Å². The zero-order chi connectivity index (χ0) is 15.1. The average Bonchev–Trinajstić information content (AvgIpc) is 2.97.